The number of phenols is 1. The fourth-order valence-electron chi connectivity index (χ4n) is 1.15. The van der Waals surface area contributed by atoms with Crippen molar-refractivity contribution < 1.29 is 9.90 Å². The summed E-state index contributed by atoms with van der Waals surface area (Å²) in [5.74, 6) is -0.663. The van der Waals surface area contributed by atoms with Gasteiger partial charge < -0.3 is 10.8 Å². The molecule has 0 heterocycles. The quantitative estimate of drug-likeness (QED) is 0.500. The Bertz CT molecular complexity index is 478. The van der Waals surface area contributed by atoms with Crippen LogP contribution in [0.5, 0.6) is 5.75 Å². The number of rotatable bonds is 2. The number of carbonyl (C=O) groups is 1. The van der Waals surface area contributed by atoms with Gasteiger partial charge in [-0.2, -0.15) is 0 Å². The molecule has 0 atom stereocenters. The van der Waals surface area contributed by atoms with Gasteiger partial charge in [0.2, 0.25) is 3.79 Å². The van der Waals surface area contributed by atoms with Gasteiger partial charge in [-0.25, -0.2) is 0 Å². The minimum Gasteiger partial charge on any atom is -0.507 e. The summed E-state index contributed by atoms with van der Waals surface area (Å²) in [5.41, 5.74) is 6.18. The lowest BCUT2D eigenvalue weighted by Crippen LogP contribution is -2.17. The Morgan fingerprint density at radius 1 is 1.41 bits per heavy atom. The third-order valence-electron chi connectivity index (χ3n) is 2.03. The number of halogens is 3. The van der Waals surface area contributed by atoms with E-state index in [4.69, 9.17) is 40.5 Å². The molecule has 6 heteroatoms. The molecule has 1 aromatic carbocycles. The van der Waals surface area contributed by atoms with Crippen molar-refractivity contribution >= 4 is 40.6 Å². The highest BCUT2D eigenvalue weighted by molar-refractivity contribution is 6.69. The van der Waals surface area contributed by atoms with Crippen molar-refractivity contribution in [2.45, 2.75) is 10.7 Å². The van der Waals surface area contributed by atoms with Gasteiger partial charge in [0.05, 0.1) is 11.3 Å². The van der Waals surface area contributed by atoms with E-state index in [1.807, 2.05) is 0 Å². The fourth-order valence-corrected chi connectivity index (χ4v) is 1.31. The first-order chi connectivity index (χ1) is 7.71. The average molecular weight is 295 g/mol. The molecule has 0 aromatic heterocycles. The van der Waals surface area contributed by atoms with E-state index >= 15 is 0 Å². The number of allylic oxidation sites excluding steroid dienone is 2. The number of benzene rings is 1. The first-order valence-electron chi connectivity index (χ1n) is 4.60. The topological polar surface area (TPSA) is 63.3 Å². The van der Waals surface area contributed by atoms with Gasteiger partial charge in [-0.1, -0.05) is 46.4 Å². The first kappa shape index (κ1) is 14.2. The summed E-state index contributed by atoms with van der Waals surface area (Å²) in [6.45, 7) is 1.79. The van der Waals surface area contributed by atoms with Gasteiger partial charge in [-0.3, -0.25) is 4.79 Å². The lowest BCUT2D eigenvalue weighted by Gasteiger charge is -2.10. The molecule has 0 saturated carbocycles. The van der Waals surface area contributed by atoms with Crippen molar-refractivity contribution in [3.05, 3.63) is 41.1 Å². The Morgan fingerprint density at radius 2 is 2.00 bits per heavy atom. The van der Waals surface area contributed by atoms with Crippen LogP contribution in [0.4, 0.5) is 0 Å². The van der Waals surface area contributed by atoms with Crippen molar-refractivity contribution in [1.29, 1.82) is 0 Å². The van der Waals surface area contributed by atoms with Crippen LogP contribution in [0.25, 0.3) is 0 Å². The smallest absolute Gasteiger partial charge is 0.230 e. The van der Waals surface area contributed by atoms with Crippen molar-refractivity contribution in [1.82, 2.24) is 0 Å². The Hall–Kier alpha value is -0.900. The van der Waals surface area contributed by atoms with Crippen molar-refractivity contribution in [2.75, 3.05) is 0 Å². The van der Waals surface area contributed by atoms with Crippen LogP contribution in [0, 0.1) is 6.92 Å². The van der Waals surface area contributed by atoms with E-state index in [0.717, 1.165) is 11.6 Å². The number of phenolic OH excluding ortho intramolecular Hbond substituents is 1. The molecule has 0 bridgehead atoms. The van der Waals surface area contributed by atoms with Gasteiger partial charge in [0.25, 0.3) is 0 Å². The molecule has 0 radical (unpaired) electrons. The number of aryl methyl sites for hydroxylation is 1. The second kappa shape index (κ2) is 5.17. The molecule has 0 fully saturated rings. The van der Waals surface area contributed by atoms with Gasteiger partial charge in [0.15, 0.2) is 5.78 Å². The van der Waals surface area contributed by atoms with E-state index in [1.165, 1.54) is 12.1 Å². The van der Waals surface area contributed by atoms with Crippen LogP contribution in [0.3, 0.4) is 0 Å². The monoisotopic (exact) mass is 293 g/mol. The Kier molecular flexibility index (Phi) is 4.31. The van der Waals surface area contributed by atoms with Gasteiger partial charge in [0.1, 0.15) is 5.75 Å². The first-order valence-corrected chi connectivity index (χ1v) is 5.73. The van der Waals surface area contributed by atoms with Crippen LogP contribution in [-0.4, -0.2) is 14.7 Å². The molecule has 0 aliphatic rings. The number of ketones is 1. The molecule has 3 nitrogen and oxygen atoms in total. The van der Waals surface area contributed by atoms with E-state index in [-0.39, 0.29) is 17.0 Å². The molecule has 0 amide bonds. The largest absolute Gasteiger partial charge is 0.507 e. The molecule has 92 valence electrons. The third-order valence-corrected chi connectivity index (χ3v) is 2.69. The maximum atomic E-state index is 11.8. The molecule has 0 saturated heterocycles. The molecule has 0 unspecified atom stereocenters. The van der Waals surface area contributed by atoms with E-state index in [2.05, 4.69) is 0 Å². The van der Waals surface area contributed by atoms with Crippen LogP contribution in [0.2, 0.25) is 0 Å². The highest BCUT2D eigenvalue weighted by atomic mass is 35.6. The zero-order valence-corrected chi connectivity index (χ0v) is 11.1. The number of aromatic hydroxyl groups is 1. The molecule has 0 aliphatic heterocycles. The predicted molar refractivity (Wildman–Crippen MR) is 69.7 cm³/mol. The van der Waals surface area contributed by atoms with Crippen LogP contribution in [0.15, 0.2) is 30.0 Å². The minimum atomic E-state index is -1.84. The molecule has 17 heavy (non-hydrogen) atoms. The highest BCUT2D eigenvalue weighted by Gasteiger charge is 2.24. The van der Waals surface area contributed by atoms with Gasteiger partial charge in [0, 0.05) is 6.08 Å². The van der Waals surface area contributed by atoms with Crippen LogP contribution in [-0.2, 0) is 0 Å². The van der Waals surface area contributed by atoms with Gasteiger partial charge in [-0.15, -0.1) is 0 Å². The fraction of sp³-hybridized carbons (Fsp3) is 0.182. The zero-order valence-electron chi connectivity index (χ0n) is 8.88. The van der Waals surface area contributed by atoms with Crippen LogP contribution < -0.4 is 5.73 Å². The SMILES string of the molecule is Cc1ccc(O)c(C(=O)C=C(N)C(Cl)(Cl)Cl)c1. The molecule has 0 spiro atoms. The molecule has 1 aromatic rings. The normalized spacial score (nSPS) is 12.6. The second-order valence-corrected chi connectivity index (χ2v) is 5.76. The Morgan fingerprint density at radius 3 is 2.53 bits per heavy atom. The summed E-state index contributed by atoms with van der Waals surface area (Å²) in [4.78, 5) is 11.8. The lowest BCUT2D eigenvalue weighted by atomic mass is 10.1. The Labute approximate surface area is 114 Å². The highest BCUT2D eigenvalue weighted by Crippen LogP contribution is 2.32. The number of nitrogens with two attached hydrogens (primary N) is 1. The van der Waals surface area contributed by atoms with E-state index in [9.17, 15) is 9.90 Å². The van der Waals surface area contributed by atoms with E-state index in [1.54, 1.807) is 13.0 Å². The standard InChI is InChI=1S/C11H10Cl3NO2/c1-6-2-3-8(16)7(4-6)9(17)5-10(15)11(12,13)14/h2-5,16H,15H2,1H3. The van der Waals surface area contributed by atoms with Crippen molar-refractivity contribution in [2.24, 2.45) is 5.73 Å². The van der Waals surface area contributed by atoms with Crippen molar-refractivity contribution in [3.8, 4) is 5.75 Å². The van der Waals surface area contributed by atoms with E-state index in [0.29, 0.717) is 0 Å². The summed E-state index contributed by atoms with van der Waals surface area (Å²) >= 11 is 16.5. The van der Waals surface area contributed by atoms with Crippen molar-refractivity contribution in [3.63, 3.8) is 0 Å². The number of hydrogen-bond acceptors (Lipinski definition) is 3. The maximum Gasteiger partial charge on any atom is 0.230 e. The lowest BCUT2D eigenvalue weighted by molar-refractivity contribution is 0.104. The average Bonchev–Trinajstić information content (AvgIpc) is 2.20. The molecular weight excluding hydrogens is 284 g/mol. The summed E-state index contributed by atoms with van der Waals surface area (Å²) in [6, 6.07) is 4.62. The molecule has 1 rings (SSSR count). The zero-order chi connectivity index (χ0) is 13.2. The third kappa shape index (κ3) is 3.80. The van der Waals surface area contributed by atoms with Gasteiger partial charge >= 0.3 is 0 Å². The summed E-state index contributed by atoms with van der Waals surface area (Å²) in [6.07, 6.45) is 0.988. The van der Waals surface area contributed by atoms with E-state index < -0.39 is 9.58 Å². The Balaban J connectivity index is 3.10. The molecule has 0 aliphatic carbocycles. The number of carbonyl (C=O) groups excluding carboxylic acids is 1. The van der Waals surface area contributed by atoms with Crippen LogP contribution in [0.1, 0.15) is 15.9 Å². The molecule has 3 N–H and O–H groups in total. The number of hydrogen-bond donors (Lipinski definition) is 2. The van der Waals surface area contributed by atoms with Crippen LogP contribution >= 0.6 is 34.8 Å². The minimum absolute atomic E-state index is 0.113. The maximum absolute atomic E-state index is 11.8. The second-order valence-electron chi connectivity index (χ2n) is 3.48. The summed E-state index contributed by atoms with van der Waals surface area (Å²) < 4.78 is -1.84. The predicted octanol–water partition coefficient (Wildman–Crippen LogP) is 3.10. The molecular formula is C11H10Cl3NO2. The van der Waals surface area contributed by atoms with Gasteiger partial charge in [-0.05, 0) is 19.1 Å². The summed E-state index contributed by atoms with van der Waals surface area (Å²) in [5, 5.41) is 9.53. The number of alkyl halides is 3. The summed E-state index contributed by atoms with van der Waals surface area (Å²) in [7, 11) is 0.